The number of unbranched alkanes of at least 4 members (excludes halogenated alkanes) is 1. The number of nitrogens with zero attached hydrogens (tertiary/aromatic N) is 3. The van der Waals surface area contributed by atoms with E-state index in [-0.39, 0.29) is 11.4 Å². The Balaban J connectivity index is 1.51. The van der Waals surface area contributed by atoms with Crippen LogP contribution in [0.5, 0.6) is 11.5 Å². The highest BCUT2D eigenvalue weighted by molar-refractivity contribution is 5.92. The number of benzene rings is 2. The zero-order valence-corrected chi connectivity index (χ0v) is 20.5. The van der Waals surface area contributed by atoms with Crippen molar-refractivity contribution in [2.75, 3.05) is 25.6 Å². The maximum atomic E-state index is 14.1. The van der Waals surface area contributed by atoms with Gasteiger partial charge in [-0.15, -0.1) is 0 Å². The van der Waals surface area contributed by atoms with E-state index in [1.165, 1.54) is 31.6 Å². The van der Waals surface area contributed by atoms with E-state index < -0.39 is 5.97 Å². The number of hydrogen-bond acceptors (Lipinski definition) is 6. The second-order valence-corrected chi connectivity index (χ2v) is 8.41. The van der Waals surface area contributed by atoms with Crippen LogP contribution >= 0.6 is 0 Å². The largest absolute Gasteiger partial charge is 0.496 e. The van der Waals surface area contributed by atoms with E-state index >= 15 is 0 Å². The van der Waals surface area contributed by atoms with Gasteiger partial charge in [0.1, 0.15) is 35.0 Å². The van der Waals surface area contributed by atoms with Crippen LogP contribution < -0.4 is 14.8 Å². The molecule has 188 valence electrons. The number of aromatic nitrogens is 3. The van der Waals surface area contributed by atoms with E-state index in [1.807, 2.05) is 24.5 Å². The Bertz CT molecular complexity index is 1390. The van der Waals surface area contributed by atoms with Gasteiger partial charge in [0.2, 0.25) is 0 Å². The third-order valence-electron chi connectivity index (χ3n) is 5.95. The molecule has 0 aliphatic carbocycles. The standard InChI is InChI=1S/C27H29FN4O4/c1-4-5-10-36-25-12-18(6-7-20(25)27(33)34)22-15-26(31-16-30-22)29-8-9-32-17(2)11-21-23(32)13-19(28)14-24(21)35-3/h6-7,11-16H,4-5,8-10H2,1-3H3,(H,33,34)(H,29,30,31). The van der Waals surface area contributed by atoms with Crippen LogP contribution in [0, 0.1) is 12.7 Å². The van der Waals surface area contributed by atoms with Gasteiger partial charge in [0.25, 0.3) is 0 Å². The molecule has 0 fully saturated rings. The molecule has 0 unspecified atom stereocenters. The lowest BCUT2D eigenvalue weighted by Crippen LogP contribution is -2.12. The van der Waals surface area contributed by atoms with Crippen molar-refractivity contribution in [3.8, 4) is 22.8 Å². The fourth-order valence-corrected chi connectivity index (χ4v) is 4.10. The van der Waals surface area contributed by atoms with Crippen molar-refractivity contribution in [3.05, 3.63) is 65.9 Å². The fourth-order valence-electron chi connectivity index (χ4n) is 4.10. The average molecular weight is 493 g/mol. The molecule has 0 radical (unpaired) electrons. The lowest BCUT2D eigenvalue weighted by Gasteiger charge is -2.12. The molecule has 0 amide bonds. The van der Waals surface area contributed by atoms with Gasteiger partial charge in [0, 0.05) is 41.9 Å². The molecule has 0 aliphatic rings. The summed E-state index contributed by atoms with van der Waals surface area (Å²) in [5, 5.41) is 13.6. The van der Waals surface area contributed by atoms with Crippen molar-refractivity contribution < 1.29 is 23.8 Å². The van der Waals surface area contributed by atoms with Gasteiger partial charge in [-0.05, 0) is 37.6 Å². The maximum Gasteiger partial charge on any atom is 0.339 e. The summed E-state index contributed by atoms with van der Waals surface area (Å²) in [4.78, 5) is 20.2. The molecule has 2 N–H and O–H groups in total. The maximum absolute atomic E-state index is 14.1. The smallest absolute Gasteiger partial charge is 0.339 e. The number of carbonyl (C=O) groups is 1. The molecule has 0 aliphatic heterocycles. The first-order chi connectivity index (χ1) is 17.4. The number of anilines is 1. The number of aromatic carboxylic acids is 1. The number of ether oxygens (including phenoxy) is 2. The van der Waals surface area contributed by atoms with E-state index in [0.717, 1.165) is 35.0 Å². The normalized spacial score (nSPS) is 11.0. The topological polar surface area (TPSA) is 98.5 Å². The summed E-state index contributed by atoms with van der Waals surface area (Å²) < 4.78 is 27.2. The Morgan fingerprint density at radius 1 is 1.14 bits per heavy atom. The van der Waals surface area contributed by atoms with Crippen LogP contribution in [-0.4, -0.2) is 45.9 Å². The zero-order valence-electron chi connectivity index (χ0n) is 20.5. The molecule has 4 aromatic rings. The minimum atomic E-state index is -1.04. The lowest BCUT2D eigenvalue weighted by atomic mass is 10.1. The first-order valence-corrected chi connectivity index (χ1v) is 11.8. The van der Waals surface area contributed by atoms with Crippen LogP contribution in [0.1, 0.15) is 35.8 Å². The number of aryl methyl sites for hydroxylation is 1. The quantitative estimate of drug-likeness (QED) is 0.265. The minimum Gasteiger partial charge on any atom is -0.496 e. The van der Waals surface area contributed by atoms with Crippen LogP contribution in [-0.2, 0) is 6.54 Å². The van der Waals surface area contributed by atoms with E-state index in [2.05, 4.69) is 15.3 Å². The van der Waals surface area contributed by atoms with Crippen molar-refractivity contribution >= 4 is 22.7 Å². The van der Waals surface area contributed by atoms with Gasteiger partial charge in [0.05, 0.1) is 24.9 Å². The SMILES string of the molecule is CCCCOc1cc(-c2cc(NCCn3c(C)cc4c(OC)cc(F)cc43)ncn2)ccc1C(=O)O. The molecule has 9 heteroatoms. The monoisotopic (exact) mass is 492 g/mol. The first-order valence-electron chi connectivity index (χ1n) is 11.8. The van der Waals surface area contributed by atoms with Crippen LogP contribution in [0.15, 0.2) is 48.8 Å². The Labute approximate surface area is 208 Å². The lowest BCUT2D eigenvalue weighted by molar-refractivity contribution is 0.0692. The number of carboxylic acid groups (broad SMARTS) is 1. The van der Waals surface area contributed by atoms with Gasteiger partial charge in [-0.25, -0.2) is 19.2 Å². The first kappa shape index (κ1) is 25.0. The molecule has 4 rings (SSSR count). The minimum absolute atomic E-state index is 0.115. The van der Waals surface area contributed by atoms with Gasteiger partial charge >= 0.3 is 5.97 Å². The molecule has 0 atom stereocenters. The molecular formula is C27H29FN4O4. The number of hydrogen-bond donors (Lipinski definition) is 2. The molecule has 0 saturated carbocycles. The number of rotatable bonds is 11. The molecule has 0 saturated heterocycles. The van der Waals surface area contributed by atoms with Crippen LogP contribution in [0.4, 0.5) is 10.2 Å². The zero-order chi connectivity index (χ0) is 25.7. The van der Waals surface area contributed by atoms with Crippen molar-refractivity contribution in [2.24, 2.45) is 0 Å². The molecule has 2 aromatic heterocycles. The fraction of sp³-hybridized carbons (Fsp3) is 0.296. The van der Waals surface area contributed by atoms with Crippen LogP contribution in [0.2, 0.25) is 0 Å². The highest BCUT2D eigenvalue weighted by atomic mass is 19.1. The summed E-state index contributed by atoms with van der Waals surface area (Å²) in [7, 11) is 1.53. The summed E-state index contributed by atoms with van der Waals surface area (Å²) >= 11 is 0. The summed E-state index contributed by atoms with van der Waals surface area (Å²) in [6.07, 6.45) is 3.24. The van der Waals surface area contributed by atoms with E-state index in [9.17, 15) is 14.3 Å². The van der Waals surface area contributed by atoms with Crippen LogP contribution in [0.25, 0.3) is 22.2 Å². The van der Waals surface area contributed by atoms with Crippen LogP contribution in [0.3, 0.4) is 0 Å². The Hall–Kier alpha value is -4.14. The summed E-state index contributed by atoms with van der Waals surface area (Å²) in [5.74, 6) is 0.0579. The van der Waals surface area contributed by atoms with Gasteiger partial charge < -0.3 is 24.5 Å². The van der Waals surface area contributed by atoms with Gasteiger partial charge in [0.15, 0.2) is 0 Å². The van der Waals surface area contributed by atoms with Crippen molar-refractivity contribution in [3.63, 3.8) is 0 Å². The third-order valence-corrected chi connectivity index (χ3v) is 5.95. The molecule has 8 nitrogen and oxygen atoms in total. The van der Waals surface area contributed by atoms with E-state index in [4.69, 9.17) is 9.47 Å². The molecule has 36 heavy (non-hydrogen) atoms. The summed E-state index contributed by atoms with van der Waals surface area (Å²) in [5.41, 5.74) is 3.24. The third kappa shape index (κ3) is 5.40. The summed E-state index contributed by atoms with van der Waals surface area (Å²) in [6.45, 7) is 5.59. The Kier molecular flexibility index (Phi) is 7.68. The predicted molar refractivity (Wildman–Crippen MR) is 137 cm³/mol. The van der Waals surface area contributed by atoms with Crippen molar-refractivity contribution in [1.82, 2.24) is 14.5 Å². The van der Waals surface area contributed by atoms with Crippen molar-refractivity contribution in [1.29, 1.82) is 0 Å². The van der Waals surface area contributed by atoms with E-state index in [1.54, 1.807) is 18.2 Å². The molecule has 0 bridgehead atoms. The number of methoxy groups -OCH3 is 1. The Morgan fingerprint density at radius 2 is 1.97 bits per heavy atom. The molecule has 0 spiro atoms. The number of nitrogens with one attached hydrogen (secondary N) is 1. The molecule has 2 heterocycles. The van der Waals surface area contributed by atoms with Gasteiger partial charge in [-0.1, -0.05) is 19.4 Å². The Morgan fingerprint density at radius 3 is 2.72 bits per heavy atom. The van der Waals surface area contributed by atoms with E-state index in [0.29, 0.717) is 42.7 Å². The average Bonchev–Trinajstić information content (AvgIpc) is 3.18. The second-order valence-electron chi connectivity index (χ2n) is 8.41. The predicted octanol–water partition coefficient (Wildman–Crippen LogP) is 5.54. The number of fused-ring (bicyclic) bond motifs is 1. The number of carboxylic acids is 1. The second kappa shape index (κ2) is 11.1. The molecular weight excluding hydrogens is 463 g/mol. The summed E-state index contributed by atoms with van der Waals surface area (Å²) in [6, 6.07) is 11.6. The number of halogens is 1. The van der Waals surface area contributed by atoms with Gasteiger partial charge in [-0.3, -0.25) is 0 Å². The molecule has 2 aromatic carbocycles. The van der Waals surface area contributed by atoms with Gasteiger partial charge in [-0.2, -0.15) is 0 Å². The van der Waals surface area contributed by atoms with Crippen molar-refractivity contribution in [2.45, 2.75) is 33.2 Å². The highest BCUT2D eigenvalue weighted by Gasteiger charge is 2.15. The highest BCUT2D eigenvalue weighted by Crippen LogP contribution is 2.30.